The number of phenolic OH excluding ortho intramolecular Hbond substituents is 1. The molecule has 0 bridgehead atoms. The van der Waals surface area contributed by atoms with E-state index in [0.29, 0.717) is 11.5 Å². The third kappa shape index (κ3) is 2.92. The Bertz CT molecular complexity index is 1090. The topological polar surface area (TPSA) is 99.7 Å². The molecular formula is C19H15N5O. The minimum Gasteiger partial charge on any atom is -0.507 e. The van der Waals surface area contributed by atoms with E-state index in [-0.39, 0.29) is 11.7 Å². The van der Waals surface area contributed by atoms with E-state index in [1.807, 2.05) is 54.6 Å². The van der Waals surface area contributed by atoms with E-state index in [0.717, 1.165) is 21.8 Å². The number of rotatable bonds is 2. The highest BCUT2D eigenvalue weighted by Gasteiger charge is 2.05. The van der Waals surface area contributed by atoms with Gasteiger partial charge in [-0.15, -0.1) is 0 Å². The number of fused-ring (bicyclic) bond motifs is 2. The highest BCUT2D eigenvalue weighted by molar-refractivity contribution is 6.05. The zero-order valence-corrected chi connectivity index (χ0v) is 13.2. The van der Waals surface area contributed by atoms with Gasteiger partial charge in [0, 0.05) is 11.8 Å². The van der Waals surface area contributed by atoms with Crippen LogP contribution in [0.4, 0.5) is 5.95 Å². The molecule has 4 aromatic rings. The quantitative estimate of drug-likeness (QED) is 0.388. The predicted octanol–water partition coefficient (Wildman–Crippen LogP) is 3.49. The minimum absolute atomic E-state index is 0.0476. The van der Waals surface area contributed by atoms with Gasteiger partial charge in [0.05, 0.1) is 11.0 Å². The second kappa shape index (κ2) is 6.09. The van der Waals surface area contributed by atoms with Gasteiger partial charge in [0.25, 0.3) is 0 Å². The molecule has 122 valence electrons. The molecule has 1 heterocycles. The highest BCUT2D eigenvalue weighted by atomic mass is 16.3. The first-order chi connectivity index (χ1) is 12.2. The number of H-pyrrole nitrogens is 1. The Morgan fingerprint density at radius 1 is 1.04 bits per heavy atom. The Hall–Kier alpha value is -3.67. The Morgan fingerprint density at radius 3 is 2.72 bits per heavy atom. The van der Waals surface area contributed by atoms with Gasteiger partial charge in [-0.1, -0.05) is 42.5 Å². The van der Waals surface area contributed by atoms with Crippen LogP contribution in [0, 0.1) is 0 Å². The summed E-state index contributed by atoms with van der Waals surface area (Å²) >= 11 is 0. The smallest absolute Gasteiger partial charge is 0.231 e. The zero-order valence-electron chi connectivity index (χ0n) is 13.2. The first-order valence-electron chi connectivity index (χ1n) is 7.74. The summed E-state index contributed by atoms with van der Waals surface area (Å²) in [5, 5.41) is 12.0. The lowest BCUT2D eigenvalue weighted by Crippen LogP contribution is -2.08. The van der Waals surface area contributed by atoms with Gasteiger partial charge in [0.2, 0.25) is 11.9 Å². The largest absolute Gasteiger partial charge is 0.507 e. The number of aromatic nitrogens is 2. The van der Waals surface area contributed by atoms with Gasteiger partial charge in [-0.3, -0.25) is 0 Å². The highest BCUT2D eigenvalue weighted by Crippen LogP contribution is 2.25. The molecule has 0 saturated heterocycles. The lowest BCUT2D eigenvalue weighted by molar-refractivity contribution is 0.475. The number of hydrogen-bond acceptors (Lipinski definition) is 3. The number of imidazole rings is 1. The van der Waals surface area contributed by atoms with Crippen LogP contribution in [-0.4, -0.2) is 27.2 Å². The molecule has 3 aromatic carbocycles. The summed E-state index contributed by atoms with van der Waals surface area (Å²) in [6.45, 7) is 0. The van der Waals surface area contributed by atoms with Crippen molar-refractivity contribution >= 4 is 39.9 Å². The predicted molar refractivity (Wildman–Crippen MR) is 101 cm³/mol. The van der Waals surface area contributed by atoms with Crippen molar-refractivity contribution in [3.05, 3.63) is 66.2 Å². The van der Waals surface area contributed by atoms with E-state index in [1.165, 1.54) is 6.21 Å². The molecule has 0 spiro atoms. The van der Waals surface area contributed by atoms with E-state index in [2.05, 4.69) is 20.0 Å². The van der Waals surface area contributed by atoms with Crippen LogP contribution in [0.5, 0.6) is 5.75 Å². The number of phenols is 1. The third-order valence-corrected chi connectivity index (χ3v) is 3.87. The molecule has 6 heteroatoms. The summed E-state index contributed by atoms with van der Waals surface area (Å²) < 4.78 is 0. The van der Waals surface area contributed by atoms with Crippen LogP contribution in [-0.2, 0) is 0 Å². The van der Waals surface area contributed by atoms with Gasteiger partial charge >= 0.3 is 0 Å². The monoisotopic (exact) mass is 329 g/mol. The van der Waals surface area contributed by atoms with E-state index in [1.54, 1.807) is 6.07 Å². The summed E-state index contributed by atoms with van der Waals surface area (Å²) in [6.07, 6.45) is 1.51. The second-order valence-electron chi connectivity index (χ2n) is 5.53. The van der Waals surface area contributed by atoms with Crippen molar-refractivity contribution in [1.29, 1.82) is 0 Å². The fourth-order valence-electron chi connectivity index (χ4n) is 2.68. The molecule has 0 atom stereocenters. The maximum atomic E-state index is 10.1. The maximum absolute atomic E-state index is 10.1. The van der Waals surface area contributed by atoms with Crippen LogP contribution in [0.15, 0.2) is 70.6 Å². The van der Waals surface area contributed by atoms with Crippen molar-refractivity contribution in [3.63, 3.8) is 0 Å². The van der Waals surface area contributed by atoms with Crippen molar-refractivity contribution in [3.8, 4) is 5.75 Å². The van der Waals surface area contributed by atoms with Gasteiger partial charge < -0.3 is 15.8 Å². The Balaban J connectivity index is 1.68. The molecule has 0 aliphatic rings. The Kier molecular flexibility index (Phi) is 3.63. The molecule has 0 saturated carbocycles. The van der Waals surface area contributed by atoms with E-state index in [9.17, 15) is 5.11 Å². The number of nitrogens with one attached hydrogen (secondary N) is 1. The molecule has 0 amide bonds. The number of aromatic amines is 1. The summed E-state index contributed by atoms with van der Waals surface area (Å²) in [5.74, 6) is 0.573. The van der Waals surface area contributed by atoms with Crippen LogP contribution < -0.4 is 5.73 Å². The van der Waals surface area contributed by atoms with Gasteiger partial charge in [-0.2, -0.15) is 4.99 Å². The van der Waals surface area contributed by atoms with Crippen LogP contribution >= 0.6 is 0 Å². The molecule has 0 aliphatic carbocycles. The number of hydrogen-bond donors (Lipinski definition) is 3. The summed E-state index contributed by atoms with van der Waals surface area (Å²) in [4.78, 5) is 15.7. The molecule has 0 aliphatic heterocycles. The van der Waals surface area contributed by atoms with E-state index >= 15 is 0 Å². The number of benzene rings is 3. The van der Waals surface area contributed by atoms with Crippen LogP contribution in [0.3, 0.4) is 0 Å². The summed E-state index contributed by atoms with van der Waals surface area (Å²) in [6, 6.07) is 18.8. The first kappa shape index (κ1) is 14.9. The van der Waals surface area contributed by atoms with Gasteiger partial charge in [0.1, 0.15) is 5.75 Å². The zero-order chi connectivity index (χ0) is 17.2. The normalized spacial score (nSPS) is 12.4. The molecular weight excluding hydrogens is 314 g/mol. The van der Waals surface area contributed by atoms with Crippen molar-refractivity contribution in [2.75, 3.05) is 0 Å². The number of aromatic hydroxyl groups is 1. The SMILES string of the molecule is NC(N=Cc1c(O)ccc2ccccc12)=Nc1nc2ccccc2[nH]1. The molecule has 0 unspecified atom stereocenters. The first-order valence-corrected chi connectivity index (χ1v) is 7.74. The van der Waals surface area contributed by atoms with Crippen molar-refractivity contribution in [1.82, 2.24) is 9.97 Å². The summed E-state index contributed by atoms with van der Waals surface area (Å²) in [5.41, 5.74) is 8.17. The van der Waals surface area contributed by atoms with Gasteiger partial charge in [-0.25, -0.2) is 9.98 Å². The van der Waals surface area contributed by atoms with Gasteiger partial charge in [0.15, 0.2) is 0 Å². The number of aliphatic imine (C=N–C) groups is 2. The number of guanidine groups is 1. The maximum Gasteiger partial charge on any atom is 0.231 e. The number of nitrogens with zero attached hydrogens (tertiary/aromatic N) is 3. The molecule has 0 radical (unpaired) electrons. The second-order valence-corrected chi connectivity index (χ2v) is 5.53. The lowest BCUT2D eigenvalue weighted by Gasteiger charge is -2.04. The minimum atomic E-state index is 0.0476. The number of nitrogens with two attached hydrogens (primary N) is 1. The fraction of sp³-hybridized carbons (Fsp3) is 0. The Labute approximate surface area is 143 Å². The third-order valence-electron chi connectivity index (χ3n) is 3.87. The van der Waals surface area contributed by atoms with Crippen molar-refractivity contribution in [2.24, 2.45) is 15.7 Å². The van der Waals surface area contributed by atoms with Crippen LogP contribution in [0.25, 0.3) is 21.8 Å². The average molecular weight is 329 g/mol. The van der Waals surface area contributed by atoms with Crippen LogP contribution in [0.2, 0.25) is 0 Å². The van der Waals surface area contributed by atoms with E-state index < -0.39 is 0 Å². The molecule has 4 rings (SSSR count). The van der Waals surface area contributed by atoms with Crippen molar-refractivity contribution < 1.29 is 5.11 Å². The Morgan fingerprint density at radius 2 is 1.84 bits per heavy atom. The number of para-hydroxylation sites is 2. The fourth-order valence-corrected chi connectivity index (χ4v) is 2.68. The van der Waals surface area contributed by atoms with Crippen LogP contribution in [0.1, 0.15) is 5.56 Å². The molecule has 6 nitrogen and oxygen atoms in total. The lowest BCUT2D eigenvalue weighted by atomic mass is 10.0. The molecule has 0 fully saturated rings. The standard InChI is InChI=1S/C19H15N5O/c20-18(24-19-22-15-7-3-4-8-16(15)23-19)21-11-14-13-6-2-1-5-12(13)9-10-17(14)25/h1-11,25H,(H3,20,22,23,24). The van der Waals surface area contributed by atoms with Crippen molar-refractivity contribution in [2.45, 2.75) is 0 Å². The summed E-state index contributed by atoms with van der Waals surface area (Å²) in [7, 11) is 0. The van der Waals surface area contributed by atoms with E-state index in [4.69, 9.17) is 5.73 Å². The molecule has 4 N–H and O–H groups in total. The molecule has 25 heavy (non-hydrogen) atoms. The molecule has 1 aromatic heterocycles. The van der Waals surface area contributed by atoms with Gasteiger partial charge in [-0.05, 0) is 29.0 Å². The average Bonchev–Trinajstić information content (AvgIpc) is 3.03.